The van der Waals surface area contributed by atoms with E-state index in [4.69, 9.17) is 4.74 Å². The van der Waals surface area contributed by atoms with Crippen LogP contribution in [0.15, 0.2) is 11.6 Å². The van der Waals surface area contributed by atoms with Crippen LogP contribution >= 0.6 is 0 Å². The van der Waals surface area contributed by atoms with E-state index in [0.29, 0.717) is 34.5 Å². The number of rotatable bonds is 4. The molecule has 0 spiro atoms. The summed E-state index contributed by atoms with van der Waals surface area (Å²) in [7, 11) is 0. The first-order valence-electron chi connectivity index (χ1n) is 13.9. The predicted octanol–water partition coefficient (Wildman–Crippen LogP) is 6.52. The molecule has 3 nitrogen and oxygen atoms in total. The molecule has 4 aliphatic carbocycles. The van der Waals surface area contributed by atoms with Crippen molar-refractivity contribution in [2.75, 3.05) is 0 Å². The summed E-state index contributed by atoms with van der Waals surface area (Å²) in [6.45, 7) is 19.0. The molecule has 0 aromatic carbocycles. The summed E-state index contributed by atoms with van der Waals surface area (Å²) in [6, 6.07) is 0. The summed E-state index contributed by atoms with van der Waals surface area (Å²) in [5.41, 5.74) is 2.50. The summed E-state index contributed by atoms with van der Waals surface area (Å²) in [5.74, 6) is 2.42. The molecular weight excluding hydrogens is 408 g/mol. The van der Waals surface area contributed by atoms with Gasteiger partial charge in [-0.3, -0.25) is 0 Å². The van der Waals surface area contributed by atoms with Crippen molar-refractivity contribution in [1.82, 2.24) is 0 Å². The zero-order valence-corrected chi connectivity index (χ0v) is 22.6. The smallest absolute Gasteiger partial charge is 0.113 e. The second-order valence-corrected chi connectivity index (χ2v) is 14.7. The molecule has 10 atom stereocenters. The maximum Gasteiger partial charge on any atom is 0.113 e. The fraction of sp³-hybridized carbons (Fsp3) is 0.933. The Bertz CT molecular complexity index is 828. The third kappa shape index (κ3) is 3.23. The van der Waals surface area contributed by atoms with Crippen LogP contribution in [0.4, 0.5) is 0 Å². The molecule has 2 N–H and O–H groups in total. The molecule has 1 heterocycles. The third-order valence-electron chi connectivity index (χ3n) is 12.6. The largest absolute Gasteiger partial charge is 0.393 e. The van der Waals surface area contributed by atoms with E-state index in [1.807, 2.05) is 0 Å². The molecule has 0 radical (unpaired) electrons. The van der Waals surface area contributed by atoms with Crippen LogP contribution in [0.2, 0.25) is 0 Å². The third-order valence-corrected chi connectivity index (χ3v) is 12.6. The van der Waals surface area contributed by atoms with Gasteiger partial charge >= 0.3 is 0 Å². The molecule has 0 aromatic heterocycles. The average Bonchev–Trinajstić information content (AvgIpc) is 3.26. The maximum atomic E-state index is 10.9. The Balaban J connectivity index is 1.40. The van der Waals surface area contributed by atoms with Crippen LogP contribution < -0.4 is 0 Å². The van der Waals surface area contributed by atoms with Gasteiger partial charge < -0.3 is 14.9 Å². The molecule has 188 valence electrons. The van der Waals surface area contributed by atoms with Crippen molar-refractivity contribution in [3.63, 3.8) is 0 Å². The first-order valence-corrected chi connectivity index (χ1v) is 13.9. The molecule has 5 rings (SSSR count). The molecule has 4 fully saturated rings. The second kappa shape index (κ2) is 7.32. The topological polar surface area (TPSA) is 53.0 Å². The molecule has 1 saturated heterocycles. The highest BCUT2D eigenvalue weighted by molar-refractivity contribution is 5.33. The number of aliphatic hydroxyl groups excluding tert-OH is 2. The van der Waals surface area contributed by atoms with E-state index in [1.54, 1.807) is 5.57 Å². The zero-order valence-electron chi connectivity index (χ0n) is 22.6. The number of aliphatic hydroxyl groups is 2. The van der Waals surface area contributed by atoms with Gasteiger partial charge in [0.2, 0.25) is 0 Å². The highest BCUT2D eigenvalue weighted by atomic mass is 16.6. The minimum absolute atomic E-state index is 0.00178. The van der Waals surface area contributed by atoms with E-state index < -0.39 is 0 Å². The van der Waals surface area contributed by atoms with Gasteiger partial charge in [-0.15, -0.1) is 0 Å². The minimum Gasteiger partial charge on any atom is -0.393 e. The van der Waals surface area contributed by atoms with E-state index in [2.05, 4.69) is 61.5 Å². The fourth-order valence-electron chi connectivity index (χ4n) is 10.2. The average molecular weight is 459 g/mol. The number of allylic oxidation sites excluding steroid dienone is 2. The molecule has 0 aromatic rings. The summed E-state index contributed by atoms with van der Waals surface area (Å²) < 4.78 is 5.76. The van der Waals surface area contributed by atoms with Crippen molar-refractivity contribution in [2.24, 2.45) is 45.3 Å². The van der Waals surface area contributed by atoms with Gasteiger partial charge in [-0.05, 0) is 111 Å². The molecule has 5 aliphatic rings. The van der Waals surface area contributed by atoms with Gasteiger partial charge in [0, 0.05) is 0 Å². The standard InChI is InChI=1S/C30H50O3/c1-18(17-22(31)25-27(4,5)33-25)19-11-15-30(8)21-9-10-23-26(2,3)24(32)13-14-28(23,6)20(21)12-16-29(19,30)7/h9,18-20,22-25,31-32H,10-17H2,1-8H3/t18-,19?,20-,22+,23-,24-,25-,28+,29-,30+/m0/s1. The molecular formula is C30H50O3. The Labute approximate surface area is 202 Å². The Morgan fingerprint density at radius 3 is 2.30 bits per heavy atom. The first kappa shape index (κ1) is 24.3. The molecule has 0 amide bonds. The molecule has 1 aliphatic heterocycles. The van der Waals surface area contributed by atoms with E-state index in [0.717, 1.165) is 19.3 Å². The van der Waals surface area contributed by atoms with Crippen molar-refractivity contribution < 1.29 is 14.9 Å². The number of epoxide rings is 1. The van der Waals surface area contributed by atoms with Gasteiger partial charge in [-0.1, -0.05) is 53.2 Å². The van der Waals surface area contributed by atoms with Gasteiger partial charge in [0.1, 0.15) is 6.10 Å². The minimum atomic E-state index is -0.341. The monoisotopic (exact) mass is 458 g/mol. The quantitative estimate of drug-likeness (QED) is 0.372. The van der Waals surface area contributed by atoms with E-state index >= 15 is 0 Å². The molecule has 3 saturated carbocycles. The SMILES string of the molecule is C[C@@H](C[C@@H](O)[C@@H]1OC1(C)C)C1CC[C@]2(C)C3=CC[C@H]4C(C)(C)[C@@H](O)CC[C@]4(C)[C@H]3CC[C@@]12C. The van der Waals surface area contributed by atoms with Crippen LogP contribution in [0.5, 0.6) is 0 Å². The number of hydrogen-bond acceptors (Lipinski definition) is 3. The lowest BCUT2D eigenvalue weighted by Gasteiger charge is -2.64. The maximum absolute atomic E-state index is 10.9. The highest BCUT2D eigenvalue weighted by Gasteiger charge is 2.65. The van der Waals surface area contributed by atoms with E-state index in [1.165, 1.54) is 32.1 Å². The van der Waals surface area contributed by atoms with Crippen molar-refractivity contribution in [1.29, 1.82) is 0 Å². The van der Waals surface area contributed by atoms with Crippen LogP contribution in [0.1, 0.15) is 107 Å². The fourth-order valence-corrected chi connectivity index (χ4v) is 10.2. The van der Waals surface area contributed by atoms with E-state index in [-0.39, 0.29) is 34.7 Å². The lowest BCUT2D eigenvalue weighted by molar-refractivity contribution is -0.131. The predicted molar refractivity (Wildman–Crippen MR) is 134 cm³/mol. The van der Waals surface area contributed by atoms with Crippen LogP contribution in [0, 0.1) is 45.3 Å². The van der Waals surface area contributed by atoms with Gasteiger partial charge in [0.25, 0.3) is 0 Å². The van der Waals surface area contributed by atoms with Crippen LogP contribution in [0.3, 0.4) is 0 Å². The lowest BCUT2D eigenvalue weighted by atomic mass is 9.41. The Hall–Kier alpha value is -0.380. The second-order valence-electron chi connectivity index (χ2n) is 14.7. The summed E-state index contributed by atoms with van der Waals surface area (Å²) in [6.07, 6.45) is 11.4. The summed E-state index contributed by atoms with van der Waals surface area (Å²) in [4.78, 5) is 0. The molecule has 1 unspecified atom stereocenters. The van der Waals surface area contributed by atoms with Crippen LogP contribution in [0.25, 0.3) is 0 Å². The Morgan fingerprint density at radius 1 is 1.00 bits per heavy atom. The van der Waals surface area contributed by atoms with Crippen molar-refractivity contribution in [3.8, 4) is 0 Å². The first-order chi connectivity index (χ1) is 15.2. The number of ether oxygens (including phenoxy) is 1. The number of fused-ring (bicyclic) bond motifs is 5. The Morgan fingerprint density at radius 2 is 1.67 bits per heavy atom. The van der Waals surface area contributed by atoms with Crippen LogP contribution in [-0.4, -0.2) is 34.1 Å². The molecule has 0 bridgehead atoms. The Kier molecular flexibility index (Phi) is 5.40. The highest BCUT2D eigenvalue weighted by Crippen LogP contribution is 2.73. The van der Waals surface area contributed by atoms with Gasteiger partial charge in [0.15, 0.2) is 0 Å². The normalized spacial score (nSPS) is 51.6. The summed E-state index contributed by atoms with van der Waals surface area (Å²) >= 11 is 0. The van der Waals surface area contributed by atoms with Crippen molar-refractivity contribution in [2.45, 2.75) is 131 Å². The lowest BCUT2D eigenvalue weighted by Crippen LogP contribution is -2.58. The van der Waals surface area contributed by atoms with Gasteiger partial charge in [0.05, 0.1) is 17.8 Å². The van der Waals surface area contributed by atoms with Gasteiger partial charge in [-0.2, -0.15) is 0 Å². The zero-order chi connectivity index (χ0) is 24.2. The molecule has 3 heteroatoms. The molecule has 33 heavy (non-hydrogen) atoms. The summed E-state index contributed by atoms with van der Waals surface area (Å²) in [5, 5.41) is 21.7. The van der Waals surface area contributed by atoms with Crippen molar-refractivity contribution in [3.05, 3.63) is 11.6 Å². The van der Waals surface area contributed by atoms with Crippen LogP contribution in [-0.2, 0) is 4.74 Å². The van der Waals surface area contributed by atoms with Crippen molar-refractivity contribution >= 4 is 0 Å². The van der Waals surface area contributed by atoms with E-state index in [9.17, 15) is 10.2 Å². The number of hydrogen-bond donors (Lipinski definition) is 2. The van der Waals surface area contributed by atoms with Gasteiger partial charge in [-0.25, -0.2) is 0 Å².